The minimum Gasteiger partial charge on any atom is -0.383 e. The van der Waals surface area contributed by atoms with E-state index in [-0.39, 0.29) is 5.78 Å². The zero-order valence-electron chi connectivity index (χ0n) is 11.2. The van der Waals surface area contributed by atoms with Gasteiger partial charge in [-0.25, -0.2) is 0 Å². The third kappa shape index (κ3) is 3.32. The van der Waals surface area contributed by atoms with E-state index in [0.29, 0.717) is 11.1 Å². The zero-order valence-corrected chi connectivity index (χ0v) is 11.2. The van der Waals surface area contributed by atoms with Gasteiger partial charge in [-0.3, -0.25) is 4.79 Å². The molecule has 0 amide bonds. The summed E-state index contributed by atoms with van der Waals surface area (Å²) in [6, 6.07) is 19.1. The van der Waals surface area contributed by atoms with Crippen molar-refractivity contribution in [2.75, 3.05) is 14.1 Å². The van der Waals surface area contributed by atoms with Crippen LogP contribution in [-0.4, -0.2) is 24.8 Å². The molecule has 0 spiro atoms. The highest BCUT2D eigenvalue weighted by Crippen LogP contribution is 2.20. The van der Waals surface area contributed by atoms with Crippen LogP contribution in [0.2, 0.25) is 0 Å². The van der Waals surface area contributed by atoms with E-state index >= 15 is 0 Å². The highest BCUT2D eigenvalue weighted by molar-refractivity contribution is 6.28. The number of hydrogen-bond acceptors (Lipinski definition) is 2. The minimum absolute atomic E-state index is 0.0421. The molecule has 0 aliphatic heterocycles. The average molecular weight is 251 g/mol. The Morgan fingerprint density at radius 3 is 1.79 bits per heavy atom. The van der Waals surface area contributed by atoms with Crippen molar-refractivity contribution in [3.05, 3.63) is 78.0 Å². The second kappa shape index (κ2) is 6.01. The molecule has 2 heteroatoms. The van der Waals surface area contributed by atoms with Gasteiger partial charge in [-0.05, 0) is 5.56 Å². The van der Waals surface area contributed by atoms with Crippen LogP contribution in [0.3, 0.4) is 0 Å². The predicted octanol–water partition coefficient (Wildman–Crippen LogP) is 3.47. The predicted molar refractivity (Wildman–Crippen MR) is 78.9 cm³/mol. The molecule has 0 heterocycles. The van der Waals surface area contributed by atoms with Gasteiger partial charge in [-0.2, -0.15) is 0 Å². The Kier molecular flexibility index (Phi) is 4.14. The molecule has 2 nitrogen and oxygen atoms in total. The Bertz CT molecular complexity index is 571. The number of allylic oxidation sites excluding steroid dienone is 1. The Morgan fingerprint density at radius 1 is 0.842 bits per heavy atom. The van der Waals surface area contributed by atoms with Gasteiger partial charge in [0.2, 0.25) is 0 Å². The number of hydrogen-bond donors (Lipinski definition) is 0. The lowest BCUT2D eigenvalue weighted by molar-refractivity contribution is 0.105. The van der Waals surface area contributed by atoms with Crippen molar-refractivity contribution in [2.45, 2.75) is 0 Å². The molecule has 0 unspecified atom stereocenters. The van der Waals surface area contributed by atoms with E-state index in [4.69, 9.17) is 0 Å². The molecule has 0 saturated carbocycles. The van der Waals surface area contributed by atoms with Crippen LogP contribution in [0.15, 0.2) is 66.9 Å². The van der Waals surface area contributed by atoms with E-state index in [1.165, 1.54) is 0 Å². The summed E-state index contributed by atoms with van der Waals surface area (Å²) < 4.78 is 0. The third-order valence-corrected chi connectivity index (χ3v) is 2.75. The molecule has 0 bridgehead atoms. The maximum Gasteiger partial charge on any atom is 0.195 e. The first-order valence-electron chi connectivity index (χ1n) is 6.22. The van der Waals surface area contributed by atoms with Gasteiger partial charge in [0.1, 0.15) is 0 Å². The van der Waals surface area contributed by atoms with Crippen molar-refractivity contribution < 1.29 is 4.79 Å². The van der Waals surface area contributed by atoms with Crippen molar-refractivity contribution in [1.82, 2.24) is 4.90 Å². The molecule has 0 aromatic heterocycles. The summed E-state index contributed by atoms with van der Waals surface area (Å²) in [5.41, 5.74) is 2.35. The molecule has 0 N–H and O–H groups in total. The summed E-state index contributed by atoms with van der Waals surface area (Å²) in [5, 5.41) is 0. The average Bonchev–Trinajstić information content (AvgIpc) is 2.46. The minimum atomic E-state index is 0.0421. The lowest BCUT2D eigenvalue weighted by atomic mass is 9.97. The van der Waals surface area contributed by atoms with Crippen molar-refractivity contribution >= 4 is 11.4 Å². The fourth-order valence-electron chi connectivity index (χ4n) is 1.89. The summed E-state index contributed by atoms with van der Waals surface area (Å²) >= 11 is 0. The molecule has 0 atom stereocenters. The first-order chi connectivity index (χ1) is 9.18. The Balaban J connectivity index is 2.43. The van der Waals surface area contributed by atoms with Crippen molar-refractivity contribution in [3.63, 3.8) is 0 Å². The molecule has 0 saturated heterocycles. The van der Waals surface area contributed by atoms with Gasteiger partial charge in [-0.1, -0.05) is 60.7 Å². The van der Waals surface area contributed by atoms with E-state index in [9.17, 15) is 4.79 Å². The first-order valence-corrected chi connectivity index (χ1v) is 6.22. The lowest BCUT2D eigenvalue weighted by Crippen LogP contribution is -2.09. The van der Waals surface area contributed by atoms with Crippen LogP contribution >= 0.6 is 0 Å². The standard InChI is InChI=1S/C17H17NO/c1-18(2)13-16(14-9-5-3-6-10-14)17(19)15-11-7-4-8-12-15/h3-13H,1-2H3. The first kappa shape index (κ1) is 13.1. The molecule has 96 valence electrons. The SMILES string of the molecule is CN(C)C=C(C(=O)c1ccccc1)c1ccccc1. The molecule has 0 fully saturated rings. The van der Waals surface area contributed by atoms with Crippen LogP contribution in [-0.2, 0) is 0 Å². The van der Waals surface area contributed by atoms with E-state index in [1.807, 2.05) is 85.9 Å². The maximum atomic E-state index is 12.6. The largest absolute Gasteiger partial charge is 0.383 e. The molecule has 0 aliphatic carbocycles. The molecular weight excluding hydrogens is 234 g/mol. The Hall–Kier alpha value is -2.35. The van der Waals surface area contributed by atoms with E-state index in [2.05, 4.69) is 0 Å². The zero-order chi connectivity index (χ0) is 13.7. The number of Topliss-reactive ketones (excluding diaryl/α,β-unsaturated/α-hetero) is 1. The van der Waals surface area contributed by atoms with Gasteiger partial charge in [0.25, 0.3) is 0 Å². The smallest absolute Gasteiger partial charge is 0.195 e. The van der Waals surface area contributed by atoms with E-state index in [1.54, 1.807) is 0 Å². The lowest BCUT2D eigenvalue weighted by Gasteiger charge is -2.11. The molecule has 0 aliphatic rings. The number of nitrogens with zero attached hydrogens (tertiary/aromatic N) is 1. The second-order valence-corrected chi connectivity index (χ2v) is 4.57. The topological polar surface area (TPSA) is 20.3 Å². The highest BCUT2D eigenvalue weighted by atomic mass is 16.1. The monoisotopic (exact) mass is 251 g/mol. The van der Waals surface area contributed by atoms with Gasteiger partial charge >= 0.3 is 0 Å². The number of benzene rings is 2. The van der Waals surface area contributed by atoms with Crippen LogP contribution in [0, 0.1) is 0 Å². The number of rotatable bonds is 4. The molecular formula is C17H17NO. The van der Waals surface area contributed by atoms with Gasteiger partial charge in [-0.15, -0.1) is 0 Å². The fraction of sp³-hybridized carbons (Fsp3) is 0.118. The fourth-order valence-corrected chi connectivity index (χ4v) is 1.89. The van der Waals surface area contributed by atoms with E-state index < -0.39 is 0 Å². The molecule has 0 radical (unpaired) electrons. The summed E-state index contributed by atoms with van der Waals surface area (Å²) in [5.74, 6) is 0.0421. The van der Waals surface area contributed by atoms with Crippen LogP contribution in [0.25, 0.3) is 5.57 Å². The van der Waals surface area contributed by atoms with Gasteiger partial charge in [0.15, 0.2) is 5.78 Å². The van der Waals surface area contributed by atoms with Gasteiger partial charge in [0.05, 0.1) is 0 Å². The van der Waals surface area contributed by atoms with Crippen molar-refractivity contribution in [1.29, 1.82) is 0 Å². The summed E-state index contributed by atoms with van der Waals surface area (Å²) in [6.07, 6.45) is 1.87. The Labute approximate surface area is 114 Å². The molecule has 2 rings (SSSR count). The van der Waals surface area contributed by atoms with Crippen molar-refractivity contribution in [2.24, 2.45) is 0 Å². The Morgan fingerprint density at radius 2 is 1.32 bits per heavy atom. The normalized spacial score (nSPS) is 11.2. The second-order valence-electron chi connectivity index (χ2n) is 4.57. The molecule has 19 heavy (non-hydrogen) atoms. The number of carbonyl (C=O) groups excluding carboxylic acids is 1. The molecule has 2 aromatic carbocycles. The summed E-state index contributed by atoms with van der Waals surface area (Å²) in [7, 11) is 3.84. The highest BCUT2D eigenvalue weighted by Gasteiger charge is 2.14. The maximum absolute atomic E-state index is 12.6. The van der Waals surface area contributed by atoms with Crippen molar-refractivity contribution in [3.8, 4) is 0 Å². The number of carbonyl (C=O) groups is 1. The molecule has 2 aromatic rings. The third-order valence-electron chi connectivity index (χ3n) is 2.75. The van der Waals surface area contributed by atoms with Crippen LogP contribution in [0.4, 0.5) is 0 Å². The quantitative estimate of drug-likeness (QED) is 0.612. The van der Waals surface area contributed by atoms with E-state index in [0.717, 1.165) is 5.56 Å². The van der Waals surface area contributed by atoms with Crippen LogP contribution in [0.5, 0.6) is 0 Å². The number of ketones is 1. The van der Waals surface area contributed by atoms with Crippen LogP contribution in [0.1, 0.15) is 15.9 Å². The summed E-state index contributed by atoms with van der Waals surface area (Å²) in [6.45, 7) is 0. The van der Waals surface area contributed by atoms with Crippen LogP contribution < -0.4 is 0 Å². The van der Waals surface area contributed by atoms with Gasteiger partial charge in [0, 0.05) is 31.4 Å². The summed E-state index contributed by atoms with van der Waals surface area (Å²) in [4.78, 5) is 14.5. The van der Waals surface area contributed by atoms with Gasteiger partial charge < -0.3 is 4.90 Å².